The number of nitrogens with one attached hydrogen (secondary N) is 1. The van der Waals surface area contributed by atoms with Crippen LogP contribution in [0.1, 0.15) is 19.4 Å². The summed E-state index contributed by atoms with van der Waals surface area (Å²) in [5.41, 5.74) is 0.787. The third-order valence-corrected chi connectivity index (χ3v) is 4.04. The largest absolute Gasteiger partial charge is 0.497 e. The highest BCUT2D eigenvalue weighted by atomic mass is 16.5. The van der Waals surface area contributed by atoms with E-state index in [0.29, 0.717) is 17.2 Å². The molecular formula is C19H23NO4. The summed E-state index contributed by atoms with van der Waals surface area (Å²) in [7, 11) is 4.75. The Morgan fingerprint density at radius 3 is 2.00 bits per heavy atom. The second-order valence-corrected chi connectivity index (χ2v) is 5.87. The van der Waals surface area contributed by atoms with E-state index in [1.807, 2.05) is 38.1 Å². The second-order valence-electron chi connectivity index (χ2n) is 5.87. The number of carbonyl (C=O) groups is 1. The van der Waals surface area contributed by atoms with Crippen molar-refractivity contribution < 1.29 is 19.0 Å². The molecule has 0 aromatic heterocycles. The zero-order valence-corrected chi connectivity index (χ0v) is 14.7. The zero-order valence-electron chi connectivity index (χ0n) is 14.7. The number of methoxy groups -OCH3 is 3. The molecule has 0 heterocycles. The van der Waals surface area contributed by atoms with Gasteiger partial charge in [-0.2, -0.15) is 0 Å². The van der Waals surface area contributed by atoms with Gasteiger partial charge in [0.2, 0.25) is 5.91 Å². The van der Waals surface area contributed by atoms with Gasteiger partial charge in [-0.15, -0.1) is 0 Å². The fraction of sp³-hybridized carbons (Fsp3) is 0.316. The zero-order chi connectivity index (χ0) is 17.7. The molecule has 0 aliphatic heterocycles. The molecule has 0 bridgehead atoms. The van der Waals surface area contributed by atoms with Crippen LogP contribution in [0.4, 0.5) is 5.69 Å². The SMILES string of the molecule is COc1ccc(C(C)(C)C(=O)Nc2ccc(OC)cc2OC)cc1. The van der Waals surface area contributed by atoms with E-state index in [1.54, 1.807) is 39.5 Å². The van der Waals surface area contributed by atoms with Crippen LogP contribution in [0.2, 0.25) is 0 Å². The van der Waals surface area contributed by atoms with E-state index in [-0.39, 0.29) is 5.91 Å². The molecule has 0 radical (unpaired) electrons. The summed E-state index contributed by atoms with van der Waals surface area (Å²) >= 11 is 0. The van der Waals surface area contributed by atoms with Crippen LogP contribution in [0.3, 0.4) is 0 Å². The van der Waals surface area contributed by atoms with Gasteiger partial charge < -0.3 is 19.5 Å². The normalized spacial score (nSPS) is 10.9. The number of carbonyl (C=O) groups excluding carboxylic acids is 1. The van der Waals surface area contributed by atoms with Crippen LogP contribution in [0.15, 0.2) is 42.5 Å². The minimum Gasteiger partial charge on any atom is -0.497 e. The number of amides is 1. The van der Waals surface area contributed by atoms with Crippen LogP contribution in [0.25, 0.3) is 0 Å². The Labute approximate surface area is 142 Å². The molecular weight excluding hydrogens is 306 g/mol. The lowest BCUT2D eigenvalue weighted by atomic mass is 9.83. The Hall–Kier alpha value is -2.69. The van der Waals surface area contributed by atoms with Gasteiger partial charge in [-0.1, -0.05) is 12.1 Å². The predicted molar refractivity (Wildman–Crippen MR) is 94.2 cm³/mol. The summed E-state index contributed by atoms with van der Waals surface area (Å²) in [4.78, 5) is 12.8. The third kappa shape index (κ3) is 3.62. The van der Waals surface area contributed by atoms with Crippen molar-refractivity contribution in [2.45, 2.75) is 19.3 Å². The Morgan fingerprint density at radius 2 is 1.46 bits per heavy atom. The molecule has 24 heavy (non-hydrogen) atoms. The van der Waals surface area contributed by atoms with E-state index < -0.39 is 5.41 Å². The number of hydrogen-bond acceptors (Lipinski definition) is 4. The first kappa shape index (κ1) is 17.7. The van der Waals surface area contributed by atoms with E-state index in [1.165, 1.54) is 0 Å². The monoisotopic (exact) mass is 329 g/mol. The van der Waals surface area contributed by atoms with Crippen LogP contribution in [0, 0.1) is 0 Å². The summed E-state index contributed by atoms with van der Waals surface area (Å²) in [6, 6.07) is 12.7. The lowest BCUT2D eigenvalue weighted by Gasteiger charge is -2.25. The maximum atomic E-state index is 12.8. The van der Waals surface area contributed by atoms with Crippen molar-refractivity contribution in [2.75, 3.05) is 26.6 Å². The van der Waals surface area contributed by atoms with E-state index in [4.69, 9.17) is 14.2 Å². The lowest BCUT2D eigenvalue weighted by Crippen LogP contribution is -2.34. The fourth-order valence-electron chi connectivity index (χ4n) is 2.32. The van der Waals surface area contributed by atoms with Crippen LogP contribution in [-0.4, -0.2) is 27.2 Å². The Balaban J connectivity index is 2.24. The van der Waals surface area contributed by atoms with Gasteiger partial charge >= 0.3 is 0 Å². The molecule has 2 aromatic rings. The standard InChI is InChI=1S/C19H23NO4/c1-19(2,13-6-8-14(22-3)9-7-13)18(21)20-16-11-10-15(23-4)12-17(16)24-5/h6-12H,1-5H3,(H,20,21). The van der Waals surface area contributed by atoms with Crippen molar-refractivity contribution in [2.24, 2.45) is 0 Å². The average molecular weight is 329 g/mol. The molecule has 2 aromatic carbocycles. The predicted octanol–water partition coefficient (Wildman–Crippen LogP) is 3.63. The number of benzene rings is 2. The Morgan fingerprint density at radius 1 is 0.875 bits per heavy atom. The summed E-state index contributed by atoms with van der Waals surface area (Å²) in [6.07, 6.45) is 0. The van der Waals surface area contributed by atoms with Crippen LogP contribution in [-0.2, 0) is 10.2 Å². The van der Waals surface area contributed by atoms with E-state index in [0.717, 1.165) is 11.3 Å². The van der Waals surface area contributed by atoms with Crippen molar-refractivity contribution >= 4 is 11.6 Å². The first-order valence-corrected chi connectivity index (χ1v) is 7.60. The van der Waals surface area contributed by atoms with Gasteiger partial charge in [-0.3, -0.25) is 4.79 Å². The molecule has 1 amide bonds. The van der Waals surface area contributed by atoms with E-state index >= 15 is 0 Å². The molecule has 0 fully saturated rings. The Bertz CT molecular complexity index is 708. The summed E-state index contributed by atoms with van der Waals surface area (Å²) < 4.78 is 15.7. The molecule has 0 saturated heterocycles. The first-order chi connectivity index (χ1) is 11.4. The van der Waals surface area contributed by atoms with Gasteiger partial charge in [0.05, 0.1) is 32.4 Å². The lowest BCUT2D eigenvalue weighted by molar-refractivity contribution is -0.120. The van der Waals surface area contributed by atoms with Crippen molar-refractivity contribution in [1.82, 2.24) is 0 Å². The topological polar surface area (TPSA) is 56.8 Å². The minimum absolute atomic E-state index is 0.129. The highest BCUT2D eigenvalue weighted by molar-refractivity contribution is 5.99. The number of rotatable bonds is 6. The first-order valence-electron chi connectivity index (χ1n) is 7.60. The molecule has 5 nitrogen and oxygen atoms in total. The van der Waals surface area contributed by atoms with Gasteiger partial charge in [0, 0.05) is 6.07 Å². The van der Waals surface area contributed by atoms with Crippen LogP contribution in [0.5, 0.6) is 17.2 Å². The third-order valence-electron chi connectivity index (χ3n) is 4.04. The molecule has 5 heteroatoms. The number of anilines is 1. The maximum absolute atomic E-state index is 12.8. The highest BCUT2D eigenvalue weighted by Crippen LogP contribution is 2.32. The van der Waals surface area contributed by atoms with Crippen molar-refractivity contribution in [1.29, 1.82) is 0 Å². The molecule has 0 unspecified atom stereocenters. The molecule has 0 aliphatic rings. The van der Waals surface area contributed by atoms with Crippen LogP contribution < -0.4 is 19.5 Å². The second kappa shape index (κ2) is 7.25. The number of hydrogen-bond donors (Lipinski definition) is 1. The molecule has 0 saturated carbocycles. The molecule has 0 atom stereocenters. The average Bonchev–Trinajstić information content (AvgIpc) is 2.61. The molecule has 0 spiro atoms. The van der Waals surface area contributed by atoms with Crippen molar-refractivity contribution in [3.63, 3.8) is 0 Å². The Kier molecular flexibility index (Phi) is 5.34. The quantitative estimate of drug-likeness (QED) is 0.879. The summed E-state index contributed by atoms with van der Waals surface area (Å²) in [6.45, 7) is 3.75. The minimum atomic E-state index is -0.711. The van der Waals surface area contributed by atoms with Gasteiger partial charge in [0.25, 0.3) is 0 Å². The van der Waals surface area contributed by atoms with Gasteiger partial charge in [-0.25, -0.2) is 0 Å². The van der Waals surface area contributed by atoms with Gasteiger partial charge in [0.15, 0.2) is 0 Å². The maximum Gasteiger partial charge on any atom is 0.234 e. The van der Waals surface area contributed by atoms with E-state index in [2.05, 4.69) is 5.32 Å². The van der Waals surface area contributed by atoms with Crippen molar-refractivity contribution in [3.05, 3.63) is 48.0 Å². The van der Waals surface area contributed by atoms with Crippen LogP contribution >= 0.6 is 0 Å². The summed E-state index contributed by atoms with van der Waals surface area (Å²) in [5.74, 6) is 1.84. The fourth-order valence-corrected chi connectivity index (χ4v) is 2.32. The molecule has 1 N–H and O–H groups in total. The number of ether oxygens (including phenoxy) is 3. The van der Waals surface area contributed by atoms with E-state index in [9.17, 15) is 4.79 Å². The molecule has 2 rings (SSSR count). The smallest absolute Gasteiger partial charge is 0.234 e. The molecule has 128 valence electrons. The summed E-state index contributed by atoms with van der Waals surface area (Å²) in [5, 5.41) is 2.93. The highest BCUT2D eigenvalue weighted by Gasteiger charge is 2.30. The molecule has 0 aliphatic carbocycles. The van der Waals surface area contributed by atoms with Crippen molar-refractivity contribution in [3.8, 4) is 17.2 Å². The van der Waals surface area contributed by atoms with Gasteiger partial charge in [-0.05, 0) is 43.7 Å². The van der Waals surface area contributed by atoms with Gasteiger partial charge in [0.1, 0.15) is 17.2 Å².